The van der Waals surface area contributed by atoms with Crippen LogP contribution in [0, 0.1) is 6.92 Å². The lowest BCUT2D eigenvalue weighted by Crippen LogP contribution is -2.34. The van der Waals surface area contributed by atoms with Crippen molar-refractivity contribution < 1.29 is 14.7 Å². The molecule has 9 nitrogen and oxygen atoms in total. The largest absolute Gasteiger partial charge is 0.481 e. The molecule has 0 unspecified atom stereocenters. The average Bonchev–Trinajstić information content (AvgIpc) is 2.59. The number of carboxylic acid groups (broad SMARTS) is 1. The highest BCUT2D eigenvalue weighted by atomic mass is 35.5. The van der Waals surface area contributed by atoms with Crippen LogP contribution in [0.5, 0.6) is 0 Å². The Balaban J connectivity index is 2.01. The zero-order valence-electron chi connectivity index (χ0n) is 13.7. The quantitative estimate of drug-likeness (QED) is 0.465. The number of thioether (sulfide) groups is 1. The van der Waals surface area contributed by atoms with Crippen LogP contribution >= 0.6 is 23.4 Å². The zero-order valence-corrected chi connectivity index (χ0v) is 15.3. The van der Waals surface area contributed by atoms with E-state index in [2.05, 4.69) is 15.5 Å². The molecule has 0 radical (unpaired) electrons. The van der Waals surface area contributed by atoms with E-state index in [0.29, 0.717) is 10.7 Å². The lowest BCUT2D eigenvalue weighted by atomic mass is 10.2. The molecule has 4 N–H and O–H groups in total. The summed E-state index contributed by atoms with van der Waals surface area (Å²) in [6, 6.07) is 5.16. The number of aliphatic carboxylic acids is 1. The summed E-state index contributed by atoms with van der Waals surface area (Å²) >= 11 is 6.94. The van der Waals surface area contributed by atoms with Gasteiger partial charge >= 0.3 is 5.97 Å². The molecule has 1 amide bonds. The Morgan fingerprint density at radius 2 is 2.12 bits per heavy atom. The van der Waals surface area contributed by atoms with E-state index in [1.807, 2.05) is 0 Å². The van der Waals surface area contributed by atoms with E-state index < -0.39 is 11.5 Å². The summed E-state index contributed by atoms with van der Waals surface area (Å²) < 4.78 is 0.757. The first-order valence-corrected chi connectivity index (χ1v) is 8.79. The molecule has 2 rings (SSSR count). The summed E-state index contributed by atoms with van der Waals surface area (Å²) in [6.07, 6.45) is -0.324. The third kappa shape index (κ3) is 4.96. The van der Waals surface area contributed by atoms with Gasteiger partial charge in [-0.1, -0.05) is 29.4 Å². The SMILES string of the molecule is Cc1c(Cl)cccc1NC(=O)CSc1nnc(CCC(=O)O)c(=O)n1N. The summed E-state index contributed by atoms with van der Waals surface area (Å²) in [5, 5.41) is 19.4. The molecule has 2 aromatic rings. The monoisotopic (exact) mass is 397 g/mol. The van der Waals surface area contributed by atoms with Gasteiger partial charge in [0.25, 0.3) is 5.56 Å². The van der Waals surface area contributed by atoms with Crippen LogP contribution in [0.25, 0.3) is 0 Å². The van der Waals surface area contributed by atoms with Crippen molar-refractivity contribution in [1.82, 2.24) is 14.9 Å². The highest BCUT2D eigenvalue weighted by Gasteiger charge is 2.14. The van der Waals surface area contributed by atoms with Gasteiger partial charge < -0.3 is 16.3 Å². The Morgan fingerprint density at radius 3 is 2.81 bits per heavy atom. The molecule has 0 fully saturated rings. The van der Waals surface area contributed by atoms with Crippen LogP contribution < -0.4 is 16.7 Å². The third-order valence-electron chi connectivity index (χ3n) is 3.38. The minimum atomic E-state index is -1.05. The van der Waals surface area contributed by atoms with Gasteiger partial charge in [0, 0.05) is 17.1 Å². The van der Waals surface area contributed by atoms with Crippen LogP contribution in [0.15, 0.2) is 28.2 Å². The number of carbonyl (C=O) groups is 2. The molecule has 0 saturated heterocycles. The van der Waals surface area contributed by atoms with Gasteiger partial charge in [0.15, 0.2) is 0 Å². The number of carbonyl (C=O) groups excluding carboxylic acids is 1. The summed E-state index contributed by atoms with van der Waals surface area (Å²) in [5.74, 6) is 4.22. The molecule has 26 heavy (non-hydrogen) atoms. The van der Waals surface area contributed by atoms with E-state index >= 15 is 0 Å². The first kappa shape index (κ1) is 19.7. The van der Waals surface area contributed by atoms with Crippen molar-refractivity contribution in [2.24, 2.45) is 0 Å². The molecule has 0 saturated carbocycles. The standard InChI is InChI=1S/C15H16ClN5O4S/c1-8-9(16)3-2-4-10(8)18-12(22)7-26-15-20-19-11(5-6-13(23)24)14(25)21(15)17/h2-4H,5-7,17H2,1H3,(H,18,22)(H,23,24). The van der Waals surface area contributed by atoms with E-state index in [4.69, 9.17) is 22.6 Å². The van der Waals surface area contributed by atoms with Gasteiger partial charge in [-0.15, -0.1) is 10.2 Å². The maximum atomic E-state index is 12.1. The van der Waals surface area contributed by atoms with E-state index in [0.717, 1.165) is 22.0 Å². The van der Waals surface area contributed by atoms with Crippen molar-refractivity contribution in [3.8, 4) is 0 Å². The number of amides is 1. The Bertz CT molecular complexity index is 902. The number of hydrogen-bond acceptors (Lipinski definition) is 7. The van der Waals surface area contributed by atoms with Crippen molar-refractivity contribution in [1.29, 1.82) is 0 Å². The molecule has 0 atom stereocenters. The smallest absolute Gasteiger partial charge is 0.303 e. The van der Waals surface area contributed by atoms with Gasteiger partial charge in [-0.05, 0) is 24.6 Å². The van der Waals surface area contributed by atoms with E-state index in [-0.39, 0.29) is 35.4 Å². The number of rotatable bonds is 7. The number of nitrogens with one attached hydrogen (secondary N) is 1. The van der Waals surface area contributed by atoms with Crippen molar-refractivity contribution in [2.75, 3.05) is 16.9 Å². The predicted molar refractivity (Wildman–Crippen MR) is 97.9 cm³/mol. The van der Waals surface area contributed by atoms with Gasteiger partial charge in [0.2, 0.25) is 11.1 Å². The van der Waals surface area contributed by atoms with Crippen molar-refractivity contribution >= 4 is 40.9 Å². The first-order valence-electron chi connectivity index (χ1n) is 7.43. The molecule has 1 heterocycles. The maximum absolute atomic E-state index is 12.1. The molecular weight excluding hydrogens is 382 g/mol. The fourth-order valence-electron chi connectivity index (χ4n) is 1.96. The van der Waals surface area contributed by atoms with Crippen molar-refractivity contribution in [2.45, 2.75) is 24.9 Å². The molecule has 1 aromatic heterocycles. The van der Waals surface area contributed by atoms with Gasteiger partial charge in [-0.25, -0.2) is 0 Å². The number of aryl methyl sites for hydroxylation is 1. The second-order valence-electron chi connectivity index (χ2n) is 5.25. The summed E-state index contributed by atoms with van der Waals surface area (Å²) in [6.45, 7) is 1.78. The molecule has 11 heteroatoms. The van der Waals surface area contributed by atoms with Crippen LogP contribution in [-0.4, -0.2) is 37.6 Å². The summed E-state index contributed by atoms with van der Waals surface area (Å²) in [4.78, 5) is 34.7. The van der Waals surface area contributed by atoms with Crippen LogP contribution in [-0.2, 0) is 16.0 Å². The Labute approximate surface area is 157 Å². The zero-order chi connectivity index (χ0) is 19.3. The molecule has 0 aliphatic carbocycles. The Hall–Kier alpha value is -2.59. The molecule has 138 valence electrons. The Kier molecular flexibility index (Phi) is 6.58. The van der Waals surface area contributed by atoms with Gasteiger partial charge in [-0.2, -0.15) is 4.68 Å². The molecule has 0 spiro atoms. The number of aromatic nitrogens is 3. The Morgan fingerprint density at radius 1 is 1.38 bits per heavy atom. The van der Waals surface area contributed by atoms with Crippen molar-refractivity contribution in [3.63, 3.8) is 0 Å². The van der Waals surface area contributed by atoms with Crippen LogP contribution in [0.1, 0.15) is 17.7 Å². The second-order valence-corrected chi connectivity index (χ2v) is 6.60. The normalized spacial score (nSPS) is 10.5. The summed E-state index contributed by atoms with van der Waals surface area (Å²) in [5.41, 5.74) is 0.641. The van der Waals surface area contributed by atoms with Gasteiger partial charge in [-0.3, -0.25) is 14.4 Å². The number of hydrogen-bond donors (Lipinski definition) is 3. The summed E-state index contributed by atoms with van der Waals surface area (Å²) in [7, 11) is 0. The predicted octanol–water partition coefficient (Wildman–Crippen LogP) is 1.06. The van der Waals surface area contributed by atoms with E-state index in [1.54, 1.807) is 25.1 Å². The number of halogens is 1. The minimum Gasteiger partial charge on any atom is -0.481 e. The fourth-order valence-corrected chi connectivity index (χ4v) is 2.79. The van der Waals surface area contributed by atoms with Gasteiger partial charge in [0.1, 0.15) is 5.69 Å². The number of nitrogens with zero attached hydrogens (tertiary/aromatic N) is 3. The van der Waals surface area contributed by atoms with Crippen LogP contribution in [0.3, 0.4) is 0 Å². The number of nitrogens with two attached hydrogens (primary N) is 1. The first-order chi connectivity index (χ1) is 12.3. The number of benzene rings is 1. The topological polar surface area (TPSA) is 140 Å². The molecule has 0 aliphatic rings. The van der Waals surface area contributed by atoms with Crippen molar-refractivity contribution in [3.05, 3.63) is 44.8 Å². The number of carboxylic acids is 1. The second kappa shape index (κ2) is 8.68. The maximum Gasteiger partial charge on any atom is 0.303 e. The highest BCUT2D eigenvalue weighted by molar-refractivity contribution is 7.99. The minimum absolute atomic E-state index is 0.0433. The van der Waals surface area contributed by atoms with E-state index in [9.17, 15) is 14.4 Å². The number of nitrogen functional groups attached to an aromatic ring is 1. The molecule has 0 bridgehead atoms. The lowest BCUT2D eigenvalue weighted by molar-refractivity contribution is -0.137. The molecule has 0 aliphatic heterocycles. The van der Waals surface area contributed by atoms with Crippen LogP contribution in [0.2, 0.25) is 5.02 Å². The van der Waals surface area contributed by atoms with Crippen LogP contribution in [0.4, 0.5) is 5.69 Å². The molecule has 1 aromatic carbocycles. The molecular formula is C15H16ClN5O4S. The average molecular weight is 398 g/mol. The van der Waals surface area contributed by atoms with E-state index in [1.165, 1.54) is 0 Å². The fraction of sp³-hybridized carbons (Fsp3) is 0.267. The lowest BCUT2D eigenvalue weighted by Gasteiger charge is -2.10. The van der Waals surface area contributed by atoms with Gasteiger partial charge in [0.05, 0.1) is 12.2 Å². The highest BCUT2D eigenvalue weighted by Crippen LogP contribution is 2.23. The third-order valence-corrected chi connectivity index (χ3v) is 4.73. The number of anilines is 1.